The Morgan fingerprint density at radius 2 is 1.76 bits per heavy atom. The lowest BCUT2D eigenvalue weighted by molar-refractivity contribution is -0.137. The van der Waals surface area contributed by atoms with Gasteiger partial charge in [-0.2, -0.15) is 13.2 Å². The Labute approximate surface area is 97.2 Å². The number of aliphatic hydroxyl groups is 1. The van der Waals surface area contributed by atoms with E-state index in [-0.39, 0.29) is 5.69 Å². The largest absolute Gasteiger partial charge is 0.416 e. The van der Waals surface area contributed by atoms with Crippen LogP contribution in [0, 0.1) is 0 Å². The smallest absolute Gasteiger partial charge is 0.398 e. The molecule has 1 saturated carbocycles. The first-order chi connectivity index (χ1) is 7.83. The molecule has 1 aliphatic rings. The van der Waals surface area contributed by atoms with E-state index in [1.54, 1.807) is 0 Å². The normalized spacial score (nSPS) is 19.5. The van der Waals surface area contributed by atoms with Gasteiger partial charge in [0.1, 0.15) is 0 Å². The maximum Gasteiger partial charge on any atom is 0.416 e. The lowest BCUT2D eigenvalue weighted by atomic mass is 9.90. The average molecular weight is 245 g/mol. The molecule has 0 unspecified atom stereocenters. The van der Waals surface area contributed by atoms with Crippen LogP contribution in [0.1, 0.15) is 36.8 Å². The molecule has 0 spiro atoms. The second kappa shape index (κ2) is 3.91. The Morgan fingerprint density at radius 3 is 2.24 bits per heavy atom. The highest BCUT2D eigenvalue weighted by molar-refractivity contribution is 5.52. The summed E-state index contributed by atoms with van der Waals surface area (Å²) in [5.41, 5.74) is 4.24. The zero-order valence-electron chi connectivity index (χ0n) is 9.22. The summed E-state index contributed by atoms with van der Waals surface area (Å²) in [6, 6.07) is 3.16. The highest BCUT2D eigenvalue weighted by atomic mass is 19.4. The topological polar surface area (TPSA) is 46.2 Å². The van der Waals surface area contributed by atoms with Crippen LogP contribution in [0.15, 0.2) is 18.2 Å². The van der Waals surface area contributed by atoms with E-state index in [9.17, 15) is 18.3 Å². The molecule has 0 amide bonds. The molecule has 0 heterocycles. The summed E-state index contributed by atoms with van der Waals surface area (Å²) >= 11 is 0. The fraction of sp³-hybridized carbons (Fsp3) is 0.500. The molecule has 0 aromatic heterocycles. The molecule has 2 rings (SSSR count). The fourth-order valence-corrected chi connectivity index (χ4v) is 2.39. The van der Waals surface area contributed by atoms with E-state index in [0.29, 0.717) is 18.4 Å². The van der Waals surface area contributed by atoms with Crippen molar-refractivity contribution in [2.75, 3.05) is 5.73 Å². The van der Waals surface area contributed by atoms with Crippen molar-refractivity contribution in [2.24, 2.45) is 0 Å². The molecule has 2 nitrogen and oxygen atoms in total. The second-order valence-electron chi connectivity index (χ2n) is 4.54. The van der Waals surface area contributed by atoms with Gasteiger partial charge < -0.3 is 10.8 Å². The molecular formula is C12H14F3NO. The van der Waals surface area contributed by atoms with Crippen molar-refractivity contribution >= 4 is 5.69 Å². The number of nitrogen functional groups attached to an aromatic ring is 1. The summed E-state index contributed by atoms with van der Waals surface area (Å²) in [7, 11) is 0. The first-order valence-electron chi connectivity index (χ1n) is 5.52. The number of anilines is 1. The molecule has 0 saturated heterocycles. The lowest BCUT2D eigenvalue weighted by Crippen LogP contribution is -2.23. The van der Waals surface area contributed by atoms with E-state index < -0.39 is 17.3 Å². The summed E-state index contributed by atoms with van der Waals surface area (Å²) in [6.07, 6.45) is -1.54. The minimum absolute atomic E-state index is 0.0178. The van der Waals surface area contributed by atoms with E-state index in [4.69, 9.17) is 5.73 Å². The predicted molar refractivity (Wildman–Crippen MR) is 58.2 cm³/mol. The van der Waals surface area contributed by atoms with Crippen LogP contribution in [0.25, 0.3) is 0 Å². The van der Waals surface area contributed by atoms with Crippen molar-refractivity contribution in [3.63, 3.8) is 0 Å². The number of benzene rings is 1. The molecule has 17 heavy (non-hydrogen) atoms. The van der Waals surface area contributed by atoms with Crippen molar-refractivity contribution in [3.8, 4) is 0 Å². The number of hydrogen-bond donors (Lipinski definition) is 2. The van der Waals surface area contributed by atoms with Crippen LogP contribution in [0.5, 0.6) is 0 Å². The van der Waals surface area contributed by atoms with Crippen LogP contribution in [-0.2, 0) is 11.8 Å². The van der Waals surface area contributed by atoms with Crippen molar-refractivity contribution in [1.29, 1.82) is 0 Å². The van der Waals surface area contributed by atoms with Crippen LogP contribution >= 0.6 is 0 Å². The van der Waals surface area contributed by atoms with Gasteiger partial charge in [0.05, 0.1) is 11.2 Å². The molecule has 0 atom stereocenters. The van der Waals surface area contributed by atoms with E-state index in [2.05, 4.69) is 0 Å². The highest BCUT2D eigenvalue weighted by Gasteiger charge is 2.36. The molecule has 1 fully saturated rings. The van der Waals surface area contributed by atoms with Gasteiger partial charge in [-0.05, 0) is 25.0 Å². The van der Waals surface area contributed by atoms with Crippen LogP contribution in [-0.4, -0.2) is 5.11 Å². The summed E-state index contributed by atoms with van der Waals surface area (Å²) < 4.78 is 37.4. The van der Waals surface area contributed by atoms with Crippen LogP contribution in [0.2, 0.25) is 0 Å². The maximum absolute atomic E-state index is 12.5. The number of hydrogen-bond acceptors (Lipinski definition) is 2. The van der Waals surface area contributed by atoms with Gasteiger partial charge in [0.15, 0.2) is 0 Å². The number of rotatable bonds is 1. The standard InChI is InChI=1S/C12H14F3NO/c13-12(14,15)8-3-4-9(10(16)7-8)11(17)5-1-2-6-11/h3-4,7,17H,1-2,5-6,16H2. The molecule has 5 heteroatoms. The van der Waals surface area contributed by atoms with Gasteiger partial charge in [-0.3, -0.25) is 0 Å². The van der Waals surface area contributed by atoms with Crippen molar-refractivity contribution in [1.82, 2.24) is 0 Å². The summed E-state index contributed by atoms with van der Waals surface area (Å²) in [6.45, 7) is 0. The quantitative estimate of drug-likeness (QED) is 0.747. The second-order valence-corrected chi connectivity index (χ2v) is 4.54. The Balaban J connectivity index is 2.38. The summed E-state index contributed by atoms with van der Waals surface area (Å²) in [4.78, 5) is 0. The van der Waals surface area contributed by atoms with Gasteiger partial charge in [0, 0.05) is 11.3 Å². The van der Waals surface area contributed by atoms with Gasteiger partial charge in [0.2, 0.25) is 0 Å². The highest BCUT2D eigenvalue weighted by Crippen LogP contribution is 2.42. The molecule has 1 aromatic rings. The third kappa shape index (κ3) is 2.24. The summed E-state index contributed by atoms with van der Waals surface area (Å²) in [5, 5.41) is 10.3. The van der Waals surface area contributed by atoms with Crippen LogP contribution in [0.3, 0.4) is 0 Å². The van der Waals surface area contributed by atoms with Crippen LogP contribution < -0.4 is 5.73 Å². The molecule has 3 N–H and O–H groups in total. The Hall–Kier alpha value is -1.23. The third-order valence-corrected chi connectivity index (χ3v) is 3.31. The zero-order chi connectivity index (χ0) is 12.7. The van der Waals surface area contributed by atoms with Crippen molar-refractivity contribution in [3.05, 3.63) is 29.3 Å². The lowest BCUT2D eigenvalue weighted by Gasteiger charge is -2.25. The van der Waals surface area contributed by atoms with Crippen molar-refractivity contribution < 1.29 is 18.3 Å². The Kier molecular flexibility index (Phi) is 2.81. The van der Waals surface area contributed by atoms with Crippen LogP contribution in [0.4, 0.5) is 18.9 Å². The first-order valence-corrected chi connectivity index (χ1v) is 5.52. The van der Waals surface area contributed by atoms with E-state index in [0.717, 1.165) is 25.0 Å². The van der Waals surface area contributed by atoms with Gasteiger partial charge in [-0.25, -0.2) is 0 Å². The molecule has 0 bridgehead atoms. The molecule has 0 aliphatic heterocycles. The molecule has 0 radical (unpaired) electrons. The molecule has 1 aromatic carbocycles. The minimum atomic E-state index is -4.40. The van der Waals surface area contributed by atoms with Gasteiger partial charge in [-0.1, -0.05) is 18.9 Å². The van der Waals surface area contributed by atoms with Gasteiger partial charge in [-0.15, -0.1) is 0 Å². The first kappa shape index (κ1) is 12.2. The average Bonchev–Trinajstić information content (AvgIpc) is 2.64. The third-order valence-electron chi connectivity index (χ3n) is 3.31. The SMILES string of the molecule is Nc1cc(C(F)(F)F)ccc1C1(O)CCCC1. The number of nitrogens with two attached hydrogens (primary N) is 1. The van der Waals surface area contributed by atoms with Gasteiger partial charge >= 0.3 is 6.18 Å². The number of alkyl halides is 3. The summed E-state index contributed by atoms with van der Waals surface area (Å²) in [5.74, 6) is 0. The monoisotopic (exact) mass is 245 g/mol. The minimum Gasteiger partial charge on any atom is -0.398 e. The van der Waals surface area contributed by atoms with E-state index >= 15 is 0 Å². The maximum atomic E-state index is 12.5. The Bertz CT molecular complexity index is 422. The predicted octanol–water partition coefficient (Wildman–Crippen LogP) is 3.05. The van der Waals surface area contributed by atoms with E-state index in [1.165, 1.54) is 6.07 Å². The van der Waals surface area contributed by atoms with E-state index in [1.807, 2.05) is 0 Å². The van der Waals surface area contributed by atoms with Crippen molar-refractivity contribution in [2.45, 2.75) is 37.5 Å². The Morgan fingerprint density at radius 1 is 1.18 bits per heavy atom. The number of halogens is 3. The zero-order valence-corrected chi connectivity index (χ0v) is 9.22. The molecule has 1 aliphatic carbocycles. The van der Waals surface area contributed by atoms with Gasteiger partial charge in [0.25, 0.3) is 0 Å². The molecular weight excluding hydrogens is 231 g/mol. The fourth-order valence-electron chi connectivity index (χ4n) is 2.39. The molecule has 94 valence electrons.